The van der Waals surface area contributed by atoms with Crippen molar-refractivity contribution in [2.24, 2.45) is 5.10 Å². The van der Waals surface area contributed by atoms with Crippen LogP contribution in [0.5, 0.6) is 17.2 Å². The number of ether oxygens (including phenoxy) is 3. The minimum Gasteiger partial charge on any atom is -0.484 e. The van der Waals surface area contributed by atoms with E-state index >= 15 is 0 Å². The number of carbonyl (C=O) groups excluding carboxylic acids is 1. The number of rotatable bonds is 5. The van der Waals surface area contributed by atoms with Crippen LogP contribution in [-0.2, 0) is 4.79 Å². The van der Waals surface area contributed by atoms with Gasteiger partial charge in [0.25, 0.3) is 5.91 Å². The Balaban J connectivity index is 1.49. The molecular formula is C17H15ClN2O4. The van der Waals surface area contributed by atoms with E-state index in [-0.39, 0.29) is 19.3 Å². The molecule has 0 aliphatic carbocycles. The van der Waals surface area contributed by atoms with Crippen molar-refractivity contribution in [2.45, 2.75) is 6.92 Å². The van der Waals surface area contributed by atoms with Crippen LogP contribution >= 0.6 is 11.6 Å². The minimum atomic E-state index is -0.361. The fourth-order valence-corrected chi connectivity index (χ4v) is 2.18. The maximum Gasteiger partial charge on any atom is 0.277 e. The van der Waals surface area contributed by atoms with Gasteiger partial charge in [-0.2, -0.15) is 5.10 Å². The number of halogens is 1. The average molecular weight is 347 g/mol. The van der Waals surface area contributed by atoms with E-state index in [2.05, 4.69) is 10.5 Å². The number of hydrogen-bond donors (Lipinski definition) is 1. The fraction of sp³-hybridized carbons (Fsp3) is 0.176. The van der Waals surface area contributed by atoms with Crippen molar-refractivity contribution in [3.63, 3.8) is 0 Å². The monoisotopic (exact) mass is 346 g/mol. The largest absolute Gasteiger partial charge is 0.484 e. The zero-order chi connectivity index (χ0) is 16.9. The van der Waals surface area contributed by atoms with Crippen LogP contribution in [0.4, 0.5) is 0 Å². The van der Waals surface area contributed by atoms with Gasteiger partial charge in [0.05, 0.1) is 6.21 Å². The molecule has 1 aliphatic rings. The number of nitrogens with one attached hydrogen (secondary N) is 1. The second kappa shape index (κ2) is 7.23. The summed E-state index contributed by atoms with van der Waals surface area (Å²) in [4.78, 5) is 11.7. The molecule has 2 aromatic rings. The van der Waals surface area contributed by atoms with E-state index in [0.717, 1.165) is 11.1 Å². The average Bonchev–Trinajstić information content (AvgIpc) is 3.04. The topological polar surface area (TPSA) is 69.2 Å². The summed E-state index contributed by atoms with van der Waals surface area (Å²) in [6.45, 7) is 1.94. The number of carbonyl (C=O) groups is 1. The number of aryl methyl sites for hydroxylation is 1. The molecule has 1 amide bonds. The van der Waals surface area contributed by atoms with Gasteiger partial charge >= 0.3 is 0 Å². The van der Waals surface area contributed by atoms with Crippen LogP contribution in [0.1, 0.15) is 11.1 Å². The summed E-state index contributed by atoms with van der Waals surface area (Å²) in [5, 5.41) is 4.54. The maximum absolute atomic E-state index is 11.7. The van der Waals surface area contributed by atoms with Crippen LogP contribution in [0, 0.1) is 6.92 Å². The Bertz CT molecular complexity index is 792. The number of hydrogen-bond acceptors (Lipinski definition) is 5. The normalized spacial score (nSPS) is 12.4. The maximum atomic E-state index is 11.7. The molecule has 124 valence electrons. The van der Waals surface area contributed by atoms with E-state index in [1.54, 1.807) is 30.3 Å². The SMILES string of the molecule is Cc1cc(OCC(=O)N/N=C\c2ccc3c(c2)OCO3)ccc1Cl. The van der Waals surface area contributed by atoms with Crippen molar-refractivity contribution in [3.05, 3.63) is 52.5 Å². The summed E-state index contributed by atoms with van der Waals surface area (Å²) in [5.41, 5.74) is 4.07. The lowest BCUT2D eigenvalue weighted by atomic mass is 10.2. The van der Waals surface area contributed by atoms with Crippen molar-refractivity contribution in [1.29, 1.82) is 0 Å². The Labute approximate surface area is 144 Å². The highest BCUT2D eigenvalue weighted by atomic mass is 35.5. The predicted octanol–water partition coefficient (Wildman–Crippen LogP) is 2.91. The molecule has 3 rings (SSSR count). The van der Waals surface area contributed by atoms with Gasteiger partial charge in [-0.1, -0.05) is 11.6 Å². The molecule has 6 nitrogen and oxygen atoms in total. The van der Waals surface area contributed by atoms with Gasteiger partial charge in [0.2, 0.25) is 6.79 Å². The van der Waals surface area contributed by atoms with E-state index in [4.69, 9.17) is 25.8 Å². The molecule has 0 atom stereocenters. The summed E-state index contributed by atoms with van der Waals surface area (Å²) in [6.07, 6.45) is 1.52. The van der Waals surface area contributed by atoms with Gasteiger partial charge in [-0.25, -0.2) is 5.43 Å². The highest BCUT2D eigenvalue weighted by Gasteiger charge is 2.12. The Morgan fingerprint density at radius 1 is 1.29 bits per heavy atom. The highest BCUT2D eigenvalue weighted by Crippen LogP contribution is 2.31. The molecule has 7 heteroatoms. The molecule has 0 radical (unpaired) electrons. The number of hydrazone groups is 1. The Kier molecular flexibility index (Phi) is 4.86. The molecule has 0 unspecified atom stereocenters. The third-order valence-corrected chi connectivity index (χ3v) is 3.72. The standard InChI is InChI=1S/C17H15ClN2O4/c1-11-6-13(3-4-14(11)18)22-9-17(21)20-19-8-12-2-5-15-16(7-12)24-10-23-15/h2-8H,9-10H2,1H3,(H,20,21)/b19-8-. The van der Waals surface area contributed by atoms with Gasteiger partial charge in [-0.15, -0.1) is 0 Å². The molecule has 24 heavy (non-hydrogen) atoms. The Hall–Kier alpha value is -2.73. The lowest BCUT2D eigenvalue weighted by Crippen LogP contribution is -2.24. The quantitative estimate of drug-likeness (QED) is 0.667. The molecular weight excluding hydrogens is 332 g/mol. The van der Waals surface area contributed by atoms with Crippen molar-refractivity contribution < 1.29 is 19.0 Å². The molecule has 1 N–H and O–H groups in total. The molecule has 0 bridgehead atoms. The van der Waals surface area contributed by atoms with E-state index in [9.17, 15) is 4.79 Å². The van der Waals surface area contributed by atoms with E-state index in [1.807, 2.05) is 13.0 Å². The summed E-state index contributed by atoms with van der Waals surface area (Å²) in [7, 11) is 0. The summed E-state index contributed by atoms with van der Waals surface area (Å²) in [5.74, 6) is 1.57. The molecule has 0 saturated carbocycles. The van der Waals surface area contributed by atoms with Gasteiger partial charge in [0.1, 0.15) is 5.75 Å². The molecule has 1 aliphatic heterocycles. The number of benzene rings is 2. The van der Waals surface area contributed by atoms with Crippen LogP contribution in [0.25, 0.3) is 0 Å². The Morgan fingerprint density at radius 2 is 2.12 bits per heavy atom. The van der Waals surface area contributed by atoms with Crippen LogP contribution in [0.15, 0.2) is 41.5 Å². The van der Waals surface area contributed by atoms with Gasteiger partial charge in [-0.3, -0.25) is 4.79 Å². The minimum absolute atomic E-state index is 0.139. The third kappa shape index (κ3) is 3.97. The molecule has 0 spiro atoms. The first-order valence-electron chi connectivity index (χ1n) is 7.22. The smallest absolute Gasteiger partial charge is 0.277 e. The molecule has 1 heterocycles. The summed E-state index contributed by atoms with van der Waals surface area (Å²) < 4.78 is 15.9. The molecule has 0 fully saturated rings. The lowest BCUT2D eigenvalue weighted by Gasteiger charge is -2.06. The van der Waals surface area contributed by atoms with E-state index < -0.39 is 0 Å². The fourth-order valence-electron chi connectivity index (χ4n) is 2.06. The lowest BCUT2D eigenvalue weighted by molar-refractivity contribution is -0.123. The number of nitrogens with zero attached hydrogens (tertiary/aromatic N) is 1. The van der Waals surface area contributed by atoms with Gasteiger partial charge < -0.3 is 14.2 Å². The van der Waals surface area contributed by atoms with Crippen LogP contribution in [0.2, 0.25) is 5.02 Å². The summed E-state index contributed by atoms with van der Waals surface area (Å²) >= 11 is 5.93. The van der Waals surface area contributed by atoms with E-state index in [1.165, 1.54) is 6.21 Å². The first-order valence-corrected chi connectivity index (χ1v) is 7.60. The molecule has 0 saturated heterocycles. The van der Waals surface area contributed by atoms with E-state index in [0.29, 0.717) is 22.3 Å². The van der Waals surface area contributed by atoms with Crippen molar-refractivity contribution in [3.8, 4) is 17.2 Å². The third-order valence-electron chi connectivity index (χ3n) is 3.30. The van der Waals surface area contributed by atoms with Gasteiger partial charge in [0.15, 0.2) is 18.1 Å². The molecule has 2 aromatic carbocycles. The van der Waals surface area contributed by atoms with Crippen molar-refractivity contribution in [1.82, 2.24) is 5.43 Å². The van der Waals surface area contributed by atoms with Crippen LogP contribution < -0.4 is 19.6 Å². The first-order chi connectivity index (χ1) is 11.6. The van der Waals surface area contributed by atoms with Crippen LogP contribution in [-0.4, -0.2) is 25.5 Å². The molecule has 0 aromatic heterocycles. The first kappa shape index (κ1) is 16.1. The van der Waals surface area contributed by atoms with Crippen molar-refractivity contribution in [2.75, 3.05) is 13.4 Å². The predicted molar refractivity (Wildman–Crippen MR) is 90.0 cm³/mol. The van der Waals surface area contributed by atoms with Gasteiger partial charge in [-0.05, 0) is 54.4 Å². The van der Waals surface area contributed by atoms with Gasteiger partial charge in [0, 0.05) is 5.02 Å². The zero-order valence-corrected chi connectivity index (χ0v) is 13.7. The zero-order valence-electron chi connectivity index (χ0n) is 12.9. The second-order valence-corrected chi connectivity index (χ2v) is 5.51. The summed E-state index contributed by atoms with van der Waals surface area (Å²) in [6, 6.07) is 10.6. The Morgan fingerprint density at radius 3 is 2.96 bits per heavy atom. The highest BCUT2D eigenvalue weighted by molar-refractivity contribution is 6.31. The van der Waals surface area contributed by atoms with Crippen molar-refractivity contribution >= 4 is 23.7 Å². The number of fused-ring (bicyclic) bond motifs is 1. The van der Waals surface area contributed by atoms with Crippen LogP contribution in [0.3, 0.4) is 0 Å². The second-order valence-electron chi connectivity index (χ2n) is 5.11. The number of amides is 1.